The van der Waals surface area contributed by atoms with Gasteiger partial charge in [-0.2, -0.15) is 13.2 Å². The molecule has 7 nitrogen and oxygen atoms in total. The minimum Gasteiger partial charge on any atom is -0.486 e. The van der Waals surface area contributed by atoms with Gasteiger partial charge in [-0.25, -0.2) is 4.79 Å². The summed E-state index contributed by atoms with van der Waals surface area (Å²) in [6.45, 7) is -1.55. The lowest BCUT2D eigenvalue weighted by Gasteiger charge is -2.10. The van der Waals surface area contributed by atoms with Crippen LogP contribution in [0.5, 0.6) is 5.75 Å². The first kappa shape index (κ1) is 16.4. The molecule has 5 N–H and O–H groups in total. The van der Waals surface area contributed by atoms with Gasteiger partial charge in [0.25, 0.3) is 0 Å². The lowest BCUT2D eigenvalue weighted by atomic mass is 10.3. The number of hydrogen-bond acceptors (Lipinski definition) is 4. The van der Waals surface area contributed by atoms with Crippen LogP contribution in [0.15, 0.2) is 29.4 Å². The summed E-state index contributed by atoms with van der Waals surface area (Å²) >= 11 is 0. The van der Waals surface area contributed by atoms with Crippen molar-refractivity contribution in [3.8, 4) is 5.75 Å². The number of anilines is 1. The first-order chi connectivity index (χ1) is 9.80. The van der Waals surface area contributed by atoms with E-state index in [4.69, 9.17) is 15.7 Å². The zero-order valence-electron chi connectivity index (χ0n) is 10.6. The quantitative estimate of drug-likeness (QED) is 0.286. The van der Waals surface area contributed by atoms with E-state index in [-0.39, 0.29) is 18.1 Å². The minimum atomic E-state index is -4.47. The summed E-state index contributed by atoms with van der Waals surface area (Å²) in [6.07, 6.45) is -4.47. The molecule has 0 spiro atoms. The molecule has 0 radical (unpaired) electrons. The zero-order chi connectivity index (χ0) is 15.9. The molecule has 1 aromatic carbocycles. The molecular weight excluding hydrogens is 293 g/mol. The lowest BCUT2D eigenvalue weighted by Crippen LogP contribution is -2.36. The molecule has 0 fully saturated rings. The van der Waals surface area contributed by atoms with Crippen LogP contribution in [0.4, 0.5) is 23.7 Å². The van der Waals surface area contributed by atoms with Crippen LogP contribution in [0.25, 0.3) is 0 Å². The largest absolute Gasteiger partial charge is 0.486 e. The van der Waals surface area contributed by atoms with Gasteiger partial charge in [0.2, 0.25) is 0 Å². The van der Waals surface area contributed by atoms with Gasteiger partial charge in [0.1, 0.15) is 18.9 Å². The van der Waals surface area contributed by atoms with Gasteiger partial charge in [-0.3, -0.25) is 0 Å². The Hall–Kier alpha value is -2.65. The number of carbonyl (C=O) groups is 1. The number of nitrogens with zero attached hydrogens (tertiary/aromatic N) is 1. The SMILES string of the molecule is N/C(COc1ccc(NC(=O)NCC(F)(F)F)cc1)=N/O. The molecule has 0 bridgehead atoms. The van der Waals surface area contributed by atoms with E-state index in [0.29, 0.717) is 5.75 Å². The average Bonchev–Trinajstić information content (AvgIpc) is 2.43. The van der Waals surface area contributed by atoms with E-state index in [1.807, 2.05) is 0 Å². The van der Waals surface area contributed by atoms with Crippen molar-refractivity contribution >= 4 is 17.6 Å². The van der Waals surface area contributed by atoms with E-state index >= 15 is 0 Å². The van der Waals surface area contributed by atoms with E-state index in [2.05, 4.69) is 10.5 Å². The molecule has 0 aliphatic rings. The molecule has 1 aromatic rings. The Morgan fingerprint density at radius 2 is 1.95 bits per heavy atom. The van der Waals surface area contributed by atoms with E-state index in [9.17, 15) is 18.0 Å². The summed E-state index contributed by atoms with van der Waals surface area (Å²) in [5.41, 5.74) is 5.49. The molecule has 0 saturated heterocycles. The molecule has 0 atom stereocenters. The third-order valence-electron chi connectivity index (χ3n) is 2.08. The highest BCUT2D eigenvalue weighted by Crippen LogP contribution is 2.16. The van der Waals surface area contributed by atoms with Crippen LogP contribution in [0.3, 0.4) is 0 Å². The number of ether oxygens (including phenoxy) is 1. The second kappa shape index (κ2) is 7.22. The standard InChI is InChI=1S/C11H13F3N4O3/c12-11(13,14)6-16-10(19)17-7-1-3-8(4-2-7)21-5-9(15)18-20/h1-4,20H,5-6H2,(H2,15,18)(H2,16,17,19). The first-order valence-corrected chi connectivity index (χ1v) is 5.61. The summed E-state index contributed by atoms with van der Waals surface area (Å²) in [5, 5.41) is 14.9. The smallest absolute Gasteiger partial charge is 0.405 e. The number of nitrogens with two attached hydrogens (primary N) is 1. The van der Waals surface area contributed by atoms with Gasteiger partial charge < -0.3 is 26.3 Å². The summed E-state index contributed by atoms with van der Waals surface area (Å²) in [4.78, 5) is 11.2. The van der Waals surface area contributed by atoms with Crippen LogP contribution in [0.2, 0.25) is 0 Å². The highest BCUT2D eigenvalue weighted by Gasteiger charge is 2.27. The maximum atomic E-state index is 11.9. The molecule has 0 unspecified atom stereocenters. The number of amidine groups is 1. The van der Waals surface area contributed by atoms with E-state index in [1.165, 1.54) is 24.3 Å². The van der Waals surface area contributed by atoms with Gasteiger partial charge in [0.15, 0.2) is 5.84 Å². The monoisotopic (exact) mass is 306 g/mol. The molecule has 1 rings (SSSR count). The highest BCUT2D eigenvalue weighted by molar-refractivity contribution is 5.89. The molecule has 0 saturated carbocycles. The average molecular weight is 306 g/mol. The van der Waals surface area contributed by atoms with E-state index in [1.54, 1.807) is 5.32 Å². The van der Waals surface area contributed by atoms with Crippen LogP contribution >= 0.6 is 0 Å². The van der Waals surface area contributed by atoms with Gasteiger partial charge in [-0.05, 0) is 24.3 Å². The van der Waals surface area contributed by atoms with Crippen molar-refractivity contribution in [2.24, 2.45) is 10.9 Å². The highest BCUT2D eigenvalue weighted by atomic mass is 19.4. The van der Waals surface area contributed by atoms with Crippen molar-refractivity contribution in [1.29, 1.82) is 0 Å². The van der Waals surface area contributed by atoms with Gasteiger partial charge in [0.05, 0.1) is 0 Å². The van der Waals surface area contributed by atoms with Crippen molar-refractivity contribution in [3.05, 3.63) is 24.3 Å². The van der Waals surface area contributed by atoms with Crippen molar-refractivity contribution in [2.45, 2.75) is 6.18 Å². The maximum absolute atomic E-state index is 11.9. The van der Waals surface area contributed by atoms with Gasteiger partial charge >= 0.3 is 12.2 Å². The maximum Gasteiger partial charge on any atom is 0.405 e. The molecule has 2 amide bonds. The summed E-state index contributed by atoms with van der Waals surface area (Å²) in [7, 11) is 0. The Labute approximate surface area is 117 Å². The molecule has 0 aliphatic heterocycles. The summed E-state index contributed by atoms with van der Waals surface area (Å²) in [5.74, 6) is 0.256. The van der Waals surface area contributed by atoms with Crippen LogP contribution in [0, 0.1) is 0 Å². The van der Waals surface area contributed by atoms with Gasteiger partial charge in [-0.1, -0.05) is 5.16 Å². The topological polar surface area (TPSA) is 109 Å². The predicted octanol–water partition coefficient (Wildman–Crippen LogP) is 1.50. The Balaban J connectivity index is 2.45. The normalized spacial score (nSPS) is 11.9. The van der Waals surface area contributed by atoms with Crippen LogP contribution in [-0.2, 0) is 0 Å². The molecule has 21 heavy (non-hydrogen) atoms. The number of nitrogens with one attached hydrogen (secondary N) is 2. The Bertz CT molecular complexity index is 502. The number of rotatable bonds is 5. The molecule has 0 heterocycles. The van der Waals surface area contributed by atoms with Crippen LogP contribution < -0.4 is 21.1 Å². The summed E-state index contributed by atoms with van der Waals surface area (Å²) < 4.78 is 40.8. The Morgan fingerprint density at radius 3 is 2.48 bits per heavy atom. The number of hydrogen-bond donors (Lipinski definition) is 4. The van der Waals surface area contributed by atoms with Crippen LogP contribution in [-0.4, -0.2) is 36.4 Å². The second-order valence-corrected chi connectivity index (χ2v) is 3.83. The fraction of sp³-hybridized carbons (Fsp3) is 0.273. The number of alkyl halides is 3. The minimum absolute atomic E-state index is 0.122. The second-order valence-electron chi connectivity index (χ2n) is 3.83. The number of amides is 2. The van der Waals surface area contributed by atoms with E-state index < -0.39 is 18.8 Å². The molecule has 0 aromatic heterocycles. The van der Waals surface area contributed by atoms with Crippen molar-refractivity contribution in [1.82, 2.24) is 5.32 Å². The van der Waals surface area contributed by atoms with Crippen molar-refractivity contribution < 1.29 is 27.9 Å². The molecule has 0 aliphatic carbocycles. The fourth-order valence-electron chi connectivity index (χ4n) is 1.18. The molecule has 10 heteroatoms. The van der Waals surface area contributed by atoms with Crippen LogP contribution in [0.1, 0.15) is 0 Å². The Morgan fingerprint density at radius 1 is 1.33 bits per heavy atom. The number of carbonyl (C=O) groups excluding carboxylic acids is 1. The molecule has 116 valence electrons. The number of urea groups is 1. The van der Waals surface area contributed by atoms with E-state index in [0.717, 1.165) is 0 Å². The third kappa shape index (κ3) is 6.89. The lowest BCUT2D eigenvalue weighted by molar-refractivity contribution is -0.122. The Kier molecular flexibility index (Phi) is 5.64. The van der Waals surface area contributed by atoms with Crippen molar-refractivity contribution in [2.75, 3.05) is 18.5 Å². The third-order valence-corrected chi connectivity index (χ3v) is 2.08. The summed E-state index contributed by atoms with van der Waals surface area (Å²) in [6, 6.07) is 4.80. The fourth-order valence-corrected chi connectivity index (χ4v) is 1.18. The number of benzene rings is 1. The zero-order valence-corrected chi connectivity index (χ0v) is 10.6. The van der Waals surface area contributed by atoms with Gasteiger partial charge in [0, 0.05) is 5.69 Å². The predicted molar refractivity (Wildman–Crippen MR) is 68.4 cm³/mol. The number of oxime groups is 1. The number of halogens is 3. The van der Waals surface area contributed by atoms with Gasteiger partial charge in [-0.15, -0.1) is 0 Å². The first-order valence-electron chi connectivity index (χ1n) is 5.61. The molecular formula is C11H13F3N4O3. The van der Waals surface area contributed by atoms with Crippen molar-refractivity contribution in [3.63, 3.8) is 0 Å².